The van der Waals surface area contributed by atoms with Crippen molar-refractivity contribution < 1.29 is 22.7 Å². The third-order valence-electron chi connectivity index (χ3n) is 5.09. The highest BCUT2D eigenvalue weighted by Gasteiger charge is 2.30. The zero-order chi connectivity index (χ0) is 23.4. The number of nitrogens with zero attached hydrogens (tertiary/aromatic N) is 4. The Morgan fingerprint density at radius 2 is 1.97 bits per heavy atom. The second-order valence-corrected chi connectivity index (χ2v) is 7.45. The molecule has 4 heterocycles. The van der Waals surface area contributed by atoms with Gasteiger partial charge in [0, 0.05) is 36.7 Å². The van der Waals surface area contributed by atoms with Crippen molar-refractivity contribution in [3.05, 3.63) is 66.2 Å². The second kappa shape index (κ2) is 9.41. The maximum Gasteiger partial charge on any atom is 0.417 e. The molecule has 33 heavy (non-hydrogen) atoms. The van der Waals surface area contributed by atoms with E-state index in [1.165, 1.54) is 24.4 Å². The van der Waals surface area contributed by atoms with Gasteiger partial charge in [0.05, 0.1) is 36.3 Å². The third kappa shape index (κ3) is 5.37. The van der Waals surface area contributed by atoms with E-state index in [4.69, 9.17) is 4.74 Å². The number of morpholine rings is 1. The summed E-state index contributed by atoms with van der Waals surface area (Å²) in [5, 5.41) is 5.69. The fraction of sp³-hybridized carbons (Fsp3) is 0.273. The number of alkyl halides is 3. The first kappa shape index (κ1) is 22.5. The Labute approximate surface area is 187 Å². The molecule has 172 valence electrons. The average molecular weight is 458 g/mol. The first-order valence-electron chi connectivity index (χ1n) is 10.2. The van der Waals surface area contributed by atoms with Crippen LogP contribution in [-0.2, 0) is 10.9 Å². The van der Waals surface area contributed by atoms with Crippen LogP contribution in [0.15, 0.2) is 55.1 Å². The van der Waals surface area contributed by atoms with Crippen LogP contribution in [0.2, 0.25) is 0 Å². The van der Waals surface area contributed by atoms with Crippen LogP contribution in [0.5, 0.6) is 0 Å². The predicted octanol–water partition coefficient (Wildman–Crippen LogP) is 4.11. The molecule has 1 aliphatic heterocycles. The number of hydrogen-bond acceptors (Lipinski definition) is 7. The van der Waals surface area contributed by atoms with E-state index in [9.17, 15) is 18.0 Å². The Kier molecular flexibility index (Phi) is 6.40. The monoisotopic (exact) mass is 458 g/mol. The van der Waals surface area contributed by atoms with E-state index in [1.54, 1.807) is 12.4 Å². The third-order valence-corrected chi connectivity index (χ3v) is 5.09. The van der Waals surface area contributed by atoms with Crippen molar-refractivity contribution in [3.8, 4) is 0 Å². The van der Waals surface area contributed by atoms with E-state index in [2.05, 4.69) is 30.5 Å². The molecule has 0 bridgehead atoms. The van der Waals surface area contributed by atoms with Gasteiger partial charge in [-0.15, -0.1) is 0 Å². The molecule has 1 atom stereocenters. The van der Waals surface area contributed by atoms with Crippen LogP contribution >= 0.6 is 0 Å². The van der Waals surface area contributed by atoms with Crippen molar-refractivity contribution in [2.75, 3.05) is 35.3 Å². The van der Waals surface area contributed by atoms with Gasteiger partial charge >= 0.3 is 6.18 Å². The molecule has 3 aromatic heterocycles. The van der Waals surface area contributed by atoms with Gasteiger partial charge in [0.25, 0.3) is 5.91 Å². The molecule has 0 radical (unpaired) electrons. The quantitative estimate of drug-likeness (QED) is 0.594. The lowest BCUT2D eigenvalue weighted by Gasteiger charge is -2.36. The Balaban J connectivity index is 1.49. The summed E-state index contributed by atoms with van der Waals surface area (Å²) in [5.74, 6) is 0.0584. The zero-order valence-electron chi connectivity index (χ0n) is 17.6. The van der Waals surface area contributed by atoms with Gasteiger partial charge in [-0.05, 0) is 37.3 Å². The number of aromatic nitrogens is 3. The topological polar surface area (TPSA) is 92.3 Å². The molecule has 0 spiro atoms. The summed E-state index contributed by atoms with van der Waals surface area (Å²) in [6.07, 6.45) is 0.942. The molecule has 1 fully saturated rings. The average Bonchev–Trinajstić information content (AvgIpc) is 2.80. The molecule has 8 nitrogen and oxygen atoms in total. The second-order valence-electron chi connectivity index (χ2n) is 7.45. The van der Waals surface area contributed by atoms with Crippen molar-refractivity contribution in [1.82, 2.24) is 15.0 Å². The molecule has 1 amide bonds. The highest BCUT2D eigenvalue weighted by Crippen LogP contribution is 2.30. The van der Waals surface area contributed by atoms with Gasteiger partial charge in [-0.1, -0.05) is 0 Å². The summed E-state index contributed by atoms with van der Waals surface area (Å²) in [5.41, 5.74) is 0.864. The fourth-order valence-corrected chi connectivity index (χ4v) is 3.42. The van der Waals surface area contributed by atoms with Crippen LogP contribution in [0.4, 0.5) is 36.2 Å². The Bertz CT molecular complexity index is 1120. The van der Waals surface area contributed by atoms with Gasteiger partial charge in [-0.3, -0.25) is 9.78 Å². The zero-order valence-corrected chi connectivity index (χ0v) is 17.6. The van der Waals surface area contributed by atoms with Crippen LogP contribution in [-0.4, -0.2) is 46.7 Å². The number of pyridine rings is 3. The summed E-state index contributed by atoms with van der Waals surface area (Å²) in [4.78, 5) is 27.1. The van der Waals surface area contributed by atoms with E-state index < -0.39 is 11.7 Å². The van der Waals surface area contributed by atoms with E-state index in [0.29, 0.717) is 31.0 Å². The minimum atomic E-state index is -4.47. The number of carbonyl (C=O) groups is 1. The lowest BCUT2D eigenvalue weighted by Crippen LogP contribution is -2.44. The van der Waals surface area contributed by atoms with Crippen molar-refractivity contribution in [2.45, 2.75) is 19.1 Å². The number of ether oxygens (including phenoxy) is 1. The molecule has 0 saturated carbocycles. The number of amides is 1. The molecule has 2 N–H and O–H groups in total. The summed E-state index contributed by atoms with van der Waals surface area (Å²) in [6, 6.07) is 7.12. The van der Waals surface area contributed by atoms with Crippen LogP contribution in [0, 0.1) is 0 Å². The maximum absolute atomic E-state index is 12.9. The number of hydrogen-bond donors (Lipinski definition) is 2. The fourth-order valence-electron chi connectivity index (χ4n) is 3.42. The first-order valence-corrected chi connectivity index (χ1v) is 10.2. The highest BCUT2D eigenvalue weighted by atomic mass is 19.4. The Morgan fingerprint density at radius 1 is 1.12 bits per heavy atom. The molecular formula is C22H21F3N6O2. The Hall–Kier alpha value is -3.73. The summed E-state index contributed by atoms with van der Waals surface area (Å²) in [7, 11) is 0. The Morgan fingerprint density at radius 3 is 2.70 bits per heavy atom. The lowest BCUT2D eigenvalue weighted by molar-refractivity contribution is -0.137. The van der Waals surface area contributed by atoms with Gasteiger partial charge in [-0.25, -0.2) is 9.97 Å². The molecule has 4 rings (SSSR count). The lowest BCUT2D eigenvalue weighted by atomic mass is 10.2. The van der Waals surface area contributed by atoms with Crippen LogP contribution in [0.1, 0.15) is 22.8 Å². The summed E-state index contributed by atoms with van der Waals surface area (Å²) >= 11 is 0. The number of anilines is 4. The standard InChI is InChI=1S/C22H21F3N6O2/c1-14-13-33-9-8-31(14)18-5-6-26-12-17(18)29-21(32)15-4-7-27-20(10-15)30-19-3-2-16(11-28-19)22(23,24)25/h2-7,10-12,14H,8-9,13H2,1H3,(H,29,32)(H,27,28,30)/t14-/m1/s1. The smallest absolute Gasteiger partial charge is 0.377 e. The number of nitrogens with one attached hydrogen (secondary N) is 2. The van der Waals surface area contributed by atoms with E-state index in [0.717, 1.165) is 18.0 Å². The number of rotatable bonds is 5. The number of halogens is 3. The van der Waals surface area contributed by atoms with Gasteiger partial charge in [0.15, 0.2) is 0 Å². The minimum Gasteiger partial charge on any atom is -0.377 e. The molecule has 1 aliphatic rings. The molecule has 0 aliphatic carbocycles. The van der Waals surface area contributed by atoms with E-state index >= 15 is 0 Å². The molecule has 0 unspecified atom stereocenters. The molecule has 11 heteroatoms. The van der Waals surface area contributed by atoms with Crippen LogP contribution in [0.3, 0.4) is 0 Å². The van der Waals surface area contributed by atoms with Gasteiger partial charge in [0.1, 0.15) is 11.6 Å². The van der Waals surface area contributed by atoms with Gasteiger partial charge in [0.2, 0.25) is 0 Å². The van der Waals surface area contributed by atoms with Crippen molar-refractivity contribution in [1.29, 1.82) is 0 Å². The highest BCUT2D eigenvalue weighted by molar-refractivity contribution is 6.06. The predicted molar refractivity (Wildman–Crippen MR) is 117 cm³/mol. The summed E-state index contributed by atoms with van der Waals surface area (Å²) < 4.78 is 43.6. The van der Waals surface area contributed by atoms with Gasteiger partial charge in [-0.2, -0.15) is 13.2 Å². The largest absolute Gasteiger partial charge is 0.417 e. The van der Waals surface area contributed by atoms with Gasteiger partial charge < -0.3 is 20.3 Å². The normalized spacial score (nSPS) is 16.4. The van der Waals surface area contributed by atoms with Crippen LogP contribution < -0.4 is 15.5 Å². The van der Waals surface area contributed by atoms with Crippen molar-refractivity contribution in [3.63, 3.8) is 0 Å². The van der Waals surface area contributed by atoms with Crippen molar-refractivity contribution >= 4 is 28.9 Å². The summed E-state index contributed by atoms with van der Waals surface area (Å²) in [6.45, 7) is 3.92. The van der Waals surface area contributed by atoms with Crippen molar-refractivity contribution in [2.24, 2.45) is 0 Å². The molecule has 3 aromatic rings. The van der Waals surface area contributed by atoms with Crippen LogP contribution in [0.25, 0.3) is 0 Å². The molecular weight excluding hydrogens is 437 g/mol. The first-order chi connectivity index (χ1) is 15.8. The molecule has 0 aromatic carbocycles. The molecule has 1 saturated heterocycles. The van der Waals surface area contributed by atoms with E-state index in [-0.39, 0.29) is 23.6 Å². The maximum atomic E-state index is 12.9. The minimum absolute atomic E-state index is 0.143. The van der Waals surface area contributed by atoms with E-state index in [1.807, 2.05) is 13.0 Å². The number of carbonyl (C=O) groups excluding carboxylic acids is 1. The SMILES string of the molecule is C[C@@H]1COCCN1c1ccncc1NC(=O)c1ccnc(Nc2ccc(C(F)(F)F)cn2)c1.